The van der Waals surface area contributed by atoms with Crippen molar-refractivity contribution in [2.75, 3.05) is 48.8 Å². The zero-order chi connectivity index (χ0) is 24.2. The van der Waals surface area contributed by atoms with Gasteiger partial charge in [0.15, 0.2) is 0 Å². The van der Waals surface area contributed by atoms with E-state index in [4.69, 9.17) is 11.4 Å². The van der Waals surface area contributed by atoms with Crippen LogP contribution in [-0.2, 0) is 4.79 Å². The van der Waals surface area contributed by atoms with Gasteiger partial charge in [-0.1, -0.05) is 18.2 Å². The summed E-state index contributed by atoms with van der Waals surface area (Å²) in [6.45, 7) is 4.20. The largest absolute Gasteiger partial charge is 0.369 e. The highest BCUT2D eigenvalue weighted by molar-refractivity contribution is 6.04. The van der Waals surface area contributed by atoms with Gasteiger partial charge in [0.05, 0.1) is 11.2 Å². The molecule has 1 aliphatic heterocycles. The molecule has 5 rings (SSSR count). The van der Waals surface area contributed by atoms with Crippen LogP contribution in [0.1, 0.15) is 0 Å². The molecule has 0 atom stereocenters. The van der Waals surface area contributed by atoms with Crippen LogP contribution in [0.3, 0.4) is 0 Å². The van der Waals surface area contributed by atoms with Gasteiger partial charge in [0.1, 0.15) is 0 Å². The first kappa shape index (κ1) is 22.3. The fraction of sp³-hybridized carbons (Fsp3) is 0.185. The lowest BCUT2D eigenvalue weighted by molar-refractivity contribution is -0.111. The van der Waals surface area contributed by atoms with Gasteiger partial charge in [-0.25, -0.2) is 9.97 Å². The van der Waals surface area contributed by atoms with Crippen LogP contribution < -0.4 is 15.5 Å². The predicted octanol–water partition coefficient (Wildman–Crippen LogP) is 3.76. The zero-order valence-electron chi connectivity index (χ0n) is 19.4. The molecule has 2 aromatic heterocycles. The smallest absolute Gasteiger partial charge is 0.300 e. The molecule has 2 N–H and O–H groups in total. The third-order valence-corrected chi connectivity index (χ3v) is 6.03. The first-order chi connectivity index (χ1) is 17.1. The summed E-state index contributed by atoms with van der Waals surface area (Å²) in [6.07, 6.45) is 8.58. The SMILES string of the molecule is C#CC(=O)Nc1ccnc(-c2cccc3cnc(Nc4ccc(N5CCN(C)CC5)cc4)nc23)c1. The van der Waals surface area contributed by atoms with Crippen LogP contribution in [-0.4, -0.2) is 59.0 Å². The topological polar surface area (TPSA) is 86.3 Å². The minimum atomic E-state index is -0.507. The summed E-state index contributed by atoms with van der Waals surface area (Å²) in [5.74, 6) is 2.04. The lowest BCUT2D eigenvalue weighted by Crippen LogP contribution is -2.44. The number of pyridine rings is 1. The average molecular weight is 464 g/mol. The number of hydrogen-bond acceptors (Lipinski definition) is 7. The number of para-hydroxylation sites is 1. The molecule has 2 aromatic carbocycles. The van der Waals surface area contributed by atoms with Crippen molar-refractivity contribution in [3.05, 3.63) is 67.0 Å². The number of carbonyl (C=O) groups is 1. The van der Waals surface area contributed by atoms with E-state index in [1.54, 1.807) is 24.5 Å². The number of aromatic nitrogens is 3. The number of rotatable bonds is 5. The molecule has 0 aliphatic carbocycles. The van der Waals surface area contributed by atoms with Crippen LogP contribution in [0.25, 0.3) is 22.2 Å². The van der Waals surface area contributed by atoms with Gasteiger partial charge in [-0.05, 0) is 49.4 Å². The third-order valence-electron chi connectivity index (χ3n) is 6.03. The van der Waals surface area contributed by atoms with Crippen molar-refractivity contribution in [2.45, 2.75) is 0 Å². The van der Waals surface area contributed by atoms with E-state index in [9.17, 15) is 4.79 Å². The maximum absolute atomic E-state index is 11.6. The summed E-state index contributed by atoms with van der Waals surface area (Å²) in [7, 11) is 2.16. The van der Waals surface area contributed by atoms with E-state index in [0.29, 0.717) is 17.3 Å². The standard InChI is InChI=1S/C27H25N7O/c1-3-25(35)30-21-11-12-28-24(17-21)23-6-4-5-19-18-29-27(32-26(19)23)31-20-7-9-22(10-8-20)34-15-13-33(2)14-16-34/h1,4-12,17-18H,13-16H2,2H3,(H,28,30,35)(H,29,31,32). The first-order valence-corrected chi connectivity index (χ1v) is 11.4. The van der Waals surface area contributed by atoms with Gasteiger partial charge in [-0.2, -0.15) is 0 Å². The van der Waals surface area contributed by atoms with Crippen LogP contribution >= 0.6 is 0 Å². The molecule has 0 radical (unpaired) electrons. The number of likely N-dealkylation sites (N-methyl/N-ethyl adjacent to an activating group) is 1. The Hall–Kier alpha value is -4.48. The highest BCUT2D eigenvalue weighted by Gasteiger charge is 2.14. The zero-order valence-corrected chi connectivity index (χ0v) is 19.4. The van der Waals surface area contributed by atoms with Crippen LogP contribution in [0, 0.1) is 12.3 Å². The van der Waals surface area contributed by atoms with Crippen LogP contribution in [0.2, 0.25) is 0 Å². The molecular formula is C27H25N7O. The monoisotopic (exact) mass is 463 g/mol. The Morgan fingerprint density at radius 3 is 2.57 bits per heavy atom. The fourth-order valence-corrected chi connectivity index (χ4v) is 4.09. The summed E-state index contributed by atoms with van der Waals surface area (Å²) in [6, 6.07) is 17.6. The highest BCUT2D eigenvalue weighted by Crippen LogP contribution is 2.28. The van der Waals surface area contributed by atoms with E-state index in [1.807, 2.05) is 30.3 Å². The van der Waals surface area contributed by atoms with E-state index in [2.05, 4.69) is 55.5 Å². The molecule has 174 valence electrons. The molecule has 8 heteroatoms. The normalized spacial score (nSPS) is 13.9. The van der Waals surface area contributed by atoms with Crippen molar-refractivity contribution in [1.29, 1.82) is 0 Å². The Balaban J connectivity index is 1.39. The van der Waals surface area contributed by atoms with Gasteiger partial charge in [-0.15, -0.1) is 6.42 Å². The second-order valence-electron chi connectivity index (χ2n) is 8.43. The molecule has 4 aromatic rings. The molecule has 8 nitrogen and oxygen atoms in total. The van der Waals surface area contributed by atoms with E-state index in [-0.39, 0.29) is 0 Å². The number of nitrogens with zero attached hydrogens (tertiary/aromatic N) is 5. The maximum Gasteiger partial charge on any atom is 0.300 e. The van der Waals surface area contributed by atoms with Crippen LogP contribution in [0.15, 0.2) is 67.0 Å². The number of anilines is 4. The molecule has 35 heavy (non-hydrogen) atoms. The summed E-state index contributed by atoms with van der Waals surface area (Å²) in [4.78, 5) is 30.1. The summed E-state index contributed by atoms with van der Waals surface area (Å²) < 4.78 is 0. The molecule has 0 unspecified atom stereocenters. The first-order valence-electron chi connectivity index (χ1n) is 11.4. The number of benzene rings is 2. The third kappa shape index (κ3) is 5.05. The van der Waals surface area contributed by atoms with Crippen LogP contribution in [0.4, 0.5) is 23.0 Å². The van der Waals surface area contributed by atoms with Crippen molar-refractivity contribution in [3.63, 3.8) is 0 Å². The summed E-state index contributed by atoms with van der Waals surface area (Å²) in [5, 5.41) is 6.85. The molecule has 1 aliphatic rings. The number of nitrogens with one attached hydrogen (secondary N) is 2. The molecule has 0 spiro atoms. The van der Waals surface area contributed by atoms with Crippen molar-refractivity contribution in [3.8, 4) is 23.6 Å². The fourth-order valence-electron chi connectivity index (χ4n) is 4.09. The molecule has 3 heterocycles. The molecular weight excluding hydrogens is 438 g/mol. The van der Waals surface area contributed by atoms with Gasteiger partial charge in [0, 0.05) is 66.6 Å². The molecule has 1 amide bonds. The maximum atomic E-state index is 11.6. The number of fused-ring (bicyclic) bond motifs is 1. The number of amides is 1. The lowest BCUT2D eigenvalue weighted by Gasteiger charge is -2.34. The second kappa shape index (κ2) is 9.79. The molecule has 1 saturated heterocycles. The Kier molecular flexibility index (Phi) is 6.24. The van der Waals surface area contributed by atoms with Crippen molar-refractivity contribution >= 4 is 39.8 Å². The number of terminal acetylenes is 1. The minimum absolute atomic E-state index is 0.495. The van der Waals surface area contributed by atoms with Gasteiger partial charge >= 0.3 is 0 Å². The summed E-state index contributed by atoms with van der Waals surface area (Å²) >= 11 is 0. The Morgan fingerprint density at radius 2 is 1.80 bits per heavy atom. The van der Waals surface area contributed by atoms with Gasteiger partial charge in [-0.3, -0.25) is 9.78 Å². The van der Waals surface area contributed by atoms with Gasteiger partial charge < -0.3 is 20.4 Å². The number of carbonyl (C=O) groups excluding carboxylic acids is 1. The molecule has 0 saturated carbocycles. The average Bonchev–Trinajstić information content (AvgIpc) is 2.89. The van der Waals surface area contributed by atoms with Gasteiger partial charge in [0.2, 0.25) is 5.95 Å². The van der Waals surface area contributed by atoms with E-state index in [0.717, 1.165) is 48.3 Å². The van der Waals surface area contributed by atoms with Crippen molar-refractivity contribution in [2.24, 2.45) is 0 Å². The van der Waals surface area contributed by atoms with E-state index in [1.165, 1.54) is 5.69 Å². The summed E-state index contributed by atoms with van der Waals surface area (Å²) in [5.41, 5.74) is 4.96. The van der Waals surface area contributed by atoms with E-state index >= 15 is 0 Å². The lowest BCUT2D eigenvalue weighted by atomic mass is 10.1. The number of hydrogen-bond donors (Lipinski definition) is 2. The quantitative estimate of drug-likeness (QED) is 0.436. The Labute approximate surface area is 204 Å². The Bertz CT molecular complexity index is 1400. The van der Waals surface area contributed by atoms with Crippen LogP contribution in [0.5, 0.6) is 0 Å². The number of piperazine rings is 1. The highest BCUT2D eigenvalue weighted by atomic mass is 16.1. The minimum Gasteiger partial charge on any atom is -0.369 e. The van der Waals surface area contributed by atoms with E-state index < -0.39 is 5.91 Å². The van der Waals surface area contributed by atoms with Crippen molar-refractivity contribution < 1.29 is 4.79 Å². The Morgan fingerprint density at radius 1 is 1.00 bits per heavy atom. The molecule has 0 bridgehead atoms. The van der Waals surface area contributed by atoms with Crippen molar-refractivity contribution in [1.82, 2.24) is 19.9 Å². The van der Waals surface area contributed by atoms with Gasteiger partial charge in [0.25, 0.3) is 5.91 Å². The predicted molar refractivity (Wildman–Crippen MR) is 140 cm³/mol. The molecule has 1 fully saturated rings. The second-order valence-corrected chi connectivity index (χ2v) is 8.43.